The third-order valence-corrected chi connectivity index (χ3v) is 4.94. The van der Waals surface area contributed by atoms with Crippen LogP contribution < -0.4 is 5.32 Å². The number of benzene rings is 1. The van der Waals surface area contributed by atoms with E-state index in [0.29, 0.717) is 6.54 Å². The Hall–Kier alpha value is -1.14. The number of halogens is 2. The second kappa shape index (κ2) is 6.75. The van der Waals surface area contributed by atoms with Crippen molar-refractivity contribution in [2.45, 2.75) is 36.6 Å². The zero-order valence-electron chi connectivity index (χ0n) is 11.9. The number of rotatable bonds is 8. The number of nitrogens with one attached hydrogen (secondary N) is 1. The van der Waals surface area contributed by atoms with Crippen LogP contribution in [0, 0.1) is 17.6 Å². The molecule has 0 radical (unpaired) electrons. The van der Waals surface area contributed by atoms with Crippen molar-refractivity contribution in [1.82, 2.24) is 5.32 Å². The second-order valence-corrected chi connectivity index (χ2v) is 6.36. The number of hydrogen-bond acceptors (Lipinski definition) is 3. The first-order valence-electron chi connectivity index (χ1n) is 7.06. The maximum absolute atomic E-state index is 13.7. The van der Waals surface area contributed by atoms with Gasteiger partial charge in [-0.2, -0.15) is 0 Å². The van der Waals surface area contributed by atoms with Crippen LogP contribution in [0.2, 0.25) is 0 Å². The monoisotopic (exact) mass is 315 g/mol. The largest absolute Gasteiger partial charge is 0.480 e. The third kappa shape index (κ3) is 3.74. The van der Waals surface area contributed by atoms with Gasteiger partial charge >= 0.3 is 5.97 Å². The highest BCUT2D eigenvalue weighted by Gasteiger charge is 2.50. The molecule has 1 fully saturated rings. The van der Waals surface area contributed by atoms with Gasteiger partial charge in [0.25, 0.3) is 0 Å². The van der Waals surface area contributed by atoms with Gasteiger partial charge in [0.05, 0.1) is 0 Å². The second-order valence-electron chi connectivity index (χ2n) is 5.34. The molecule has 0 aliphatic heterocycles. The van der Waals surface area contributed by atoms with Crippen molar-refractivity contribution in [3.8, 4) is 0 Å². The van der Waals surface area contributed by atoms with E-state index in [4.69, 9.17) is 0 Å². The number of aliphatic carboxylic acids is 1. The molecule has 0 spiro atoms. The highest BCUT2D eigenvalue weighted by atomic mass is 32.2. The summed E-state index contributed by atoms with van der Waals surface area (Å²) < 4.78 is 26.6. The lowest BCUT2D eigenvalue weighted by molar-refractivity contribution is -0.144. The van der Waals surface area contributed by atoms with E-state index in [1.165, 1.54) is 12.1 Å². The molecule has 0 heterocycles. The summed E-state index contributed by atoms with van der Waals surface area (Å²) in [6.45, 7) is 2.58. The number of carbonyl (C=O) groups is 1. The van der Waals surface area contributed by atoms with E-state index < -0.39 is 23.1 Å². The van der Waals surface area contributed by atoms with Gasteiger partial charge in [0.1, 0.15) is 17.2 Å². The Morgan fingerprint density at radius 1 is 1.48 bits per heavy atom. The predicted octanol–water partition coefficient (Wildman–Crippen LogP) is 3.29. The molecular weight excluding hydrogens is 296 g/mol. The van der Waals surface area contributed by atoms with Crippen LogP contribution >= 0.6 is 11.8 Å². The number of carboxylic acid groups (broad SMARTS) is 1. The average Bonchev–Trinajstić information content (AvgIpc) is 3.25. The Bertz CT molecular complexity index is 522. The van der Waals surface area contributed by atoms with Crippen molar-refractivity contribution >= 4 is 17.7 Å². The molecule has 1 aliphatic carbocycles. The Labute approximate surface area is 127 Å². The summed E-state index contributed by atoms with van der Waals surface area (Å²) in [7, 11) is 0. The Kier molecular flexibility index (Phi) is 5.22. The number of carboxylic acids is 1. The van der Waals surface area contributed by atoms with Crippen LogP contribution in [0.4, 0.5) is 8.78 Å². The molecule has 1 aromatic rings. The summed E-state index contributed by atoms with van der Waals surface area (Å²) >= 11 is 1.12. The highest BCUT2D eigenvalue weighted by molar-refractivity contribution is 7.99. The van der Waals surface area contributed by atoms with Gasteiger partial charge in [-0.15, -0.1) is 11.8 Å². The molecule has 0 saturated heterocycles. The first kappa shape index (κ1) is 16.2. The van der Waals surface area contributed by atoms with Gasteiger partial charge in [-0.05, 0) is 43.9 Å². The van der Waals surface area contributed by atoms with E-state index in [2.05, 4.69) is 5.32 Å². The van der Waals surface area contributed by atoms with Crippen LogP contribution in [0.25, 0.3) is 0 Å². The summed E-state index contributed by atoms with van der Waals surface area (Å²) in [6, 6.07) is 3.36. The van der Waals surface area contributed by atoms with Crippen molar-refractivity contribution in [2.24, 2.45) is 5.92 Å². The van der Waals surface area contributed by atoms with Crippen molar-refractivity contribution in [3.05, 3.63) is 29.8 Å². The lowest BCUT2D eigenvalue weighted by Gasteiger charge is -2.30. The van der Waals surface area contributed by atoms with Crippen LogP contribution in [-0.4, -0.2) is 28.9 Å². The molecule has 3 nitrogen and oxygen atoms in total. The summed E-state index contributed by atoms with van der Waals surface area (Å²) in [6.07, 6.45) is 2.57. The maximum atomic E-state index is 13.7. The van der Waals surface area contributed by atoms with Gasteiger partial charge in [0, 0.05) is 16.7 Å². The Morgan fingerprint density at radius 3 is 2.71 bits per heavy atom. The van der Waals surface area contributed by atoms with E-state index >= 15 is 0 Å². The fourth-order valence-electron chi connectivity index (χ4n) is 2.33. The fraction of sp³-hybridized carbons (Fsp3) is 0.533. The van der Waals surface area contributed by atoms with Gasteiger partial charge < -0.3 is 10.4 Å². The van der Waals surface area contributed by atoms with Gasteiger partial charge in [-0.3, -0.25) is 4.79 Å². The summed E-state index contributed by atoms with van der Waals surface area (Å²) in [5.41, 5.74) is -1.03. The molecule has 2 N–H and O–H groups in total. The smallest absolute Gasteiger partial charge is 0.325 e. The quantitative estimate of drug-likeness (QED) is 0.723. The molecule has 1 aliphatic rings. The molecular formula is C15H19F2NO2S. The van der Waals surface area contributed by atoms with Crippen molar-refractivity contribution in [1.29, 1.82) is 0 Å². The molecule has 1 unspecified atom stereocenters. The van der Waals surface area contributed by atoms with Crippen molar-refractivity contribution in [2.75, 3.05) is 12.3 Å². The van der Waals surface area contributed by atoms with Crippen molar-refractivity contribution in [3.63, 3.8) is 0 Å². The lowest BCUT2D eigenvalue weighted by Crippen LogP contribution is -2.56. The van der Waals surface area contributed by atoms with Crippen LogP contribution in [-0.2, 0) is 4.79 Å². The maximum Gasteiger partial charge on any atom is 0.325 e. The molecule has 1 saturated carbocycles. The SMILES string of the molecule is CCCNC(CSc1ccc(F)cc1F)(C(=O)O)C1CC1. The van der Waals surface area contributed by atoms with Crippen LogP contribution in [0.3, 0.4) is 0 Å². The van der Waals surface area contributed by atoms with Gasteiger partial charge in [0.2, 0.25) is 0 Å². The van der Waals surface area contributed by atoms with Crippen LogP contribution in [0.15, 0.2) is 23.1 Å². The van der Waals surface area contributed by atoms with Crippen LogP contribution in [0.1, 0.15) is 26.2 Å². The predicted molar refractivity (Wildman–Crippen MR) is 78.5 cm³/mol. The van der Waals surface area contributed by atoms with E-state index in [1.807, 2.05) is 6.92 Å². The van der Waals surface area contributed by atoms with E-state index in [9.17, 15) is 18.7 Å². The highest BCUT2D eigenvalue weighted by Crippen LogP contribution is 2.43. The first-order chi connectivity index (χ1) is 9.99. The zero-order chi connectivity index (χ0) is 15.5. The zero-order valence-corrected chi connectivity index (χ0v) is 12.7. The molecule has 2 rings (SSSR count). The first-order valence-corrected chi connectivity index (χ1v) is 8.04. The topological polar surface area (TPSA) is 49.3 Å². The van der Waals surface area contributed by atoms with E-state index in [-0.39, 0.29) is 16.6 Å². The lowest BCUT2D eigenvalue weighted by atomic mass is 9.95. The minimum Gasteiger partial charge on any atom is -0.480 e. The molecule has 6 heteroatoms. The van der Waals surface area contributed by atoms with Crippen molar-refractivity contribution < 1.29 is 18.7 Å². The standard InChI is InChI=1S/C15H19F2NO2S/c1-2-7-18-15(14(19)20,10-3-4-10)9-21-13-6-5-11(16)8-12(13)17/h5-6,8,10,18H,2-4,7,9H2,1H3,(H,19,20). The minimum absolute atomic E-state index is 0.0811. The van der Waals surface area contributed by atoms with Gasteiger partial charge in [0.15, 0.2) is 0 Å². The number of hydrogen-bond donors (Lipinski definition) is 2. The third-order valence-electron chi connectivity index (χ3n) is 3.70. The fourth-order valence-corrected chi connectivity index (χ4v) is 3.54. The summed E-state index contributed by atoms with van der Waals surface area (Å²) in [4.78, 5) is 12.0. The van der Waals surface area contributed by atoms with Gasteiger partial charge in [-0.1, -0.05) is 6.92 Å². The normalized spacial score (nSPS) is 17.5. The Balaban J connectivity index is 2.13. The minimum atomic E-state index is -1.03. The summed E-state index contributed by atoms with van der Waals surface area (Å²) in [5, 5.41) is 12.8. The molecule has 21 heavy (non-hydrogen) atoms. The molecule has 1 aromatic carbocycles. The molecule has 0 aromatic heterocycles. The van der Waals surface area contributed by atoms with Gasteiger partial charge in [-0.25, -0.2) is 8.78 Å². The average molecular weight is 315 g/mol. The van der Waals surface area contributed by atoms with E-state index in [0.717, 1.165) is 37.1 Å². The summed E-state index contributed by atoms with van der Waals surface area (Å²) in [5.74, 6) is -1.86. The molecule has 0 bridgehead atoms. The molecule has 1 atom stereocenters. The van der Waals surface area contributed by atoms with Crippen LogP contribution in [0.5, 0.6) is 0 Å². The molecule has 116 valence electrons. The molecule has 0 amide bonds. The Morgan fingerprint density at radius 2 is 2.19 bits per heavy atom. The number of thioether (sulfide) groups is 1. The van der Waals surface area contributed by atoms with E-state index in [1.54, 1.807) is 0 Å².